The third-order valence-corrected chi connectivity index (χ3v) is 7.59. The number of hydrogen-bond donors (Lipinski definition) is 3. The Bertz CT molecular complexity index is 895. The Morgan fingerprint density at radius 1 is 1.23 bits per heavy atom. The summed E-state index contributed by atoms with van der Waals surface area (Å²) in [5, 5.41) is 5.54. The van der Waals surface area contributed by atoms with Gasteiger partial charge in [-0.05, 0) is 37.8 Å². The minimum Gasteiger partial charge on any atom is -0.484 e. The molecule has 3 N–H and O–H groups in total. The first kappa shape index (κ1) is 22.5. The highest BCUT2D eigenvalue weighted by Gasteiger charge is 2.62. The van der Waals surface area contributed by atoms with Crippen LogP contribution in [0.4, 0.5) is 17.6 Å². The van der Waals surface area contributed by atoms with Crippen LogP contribution in [0.25, 0.3) is 0 Å². The van der Waals surface area contributed by atoms with Gasteiger partial charge < -0.3 is 15.4 Å². The first-order valence-corrected chi connectivity index (χ1v) is 11.0. The molecule has 2 amide bonds. The number of amides is 2. The van der Waals surface area contributed by atoms with Gasteiger partial charge in [0.15, 0.2) is 12.0 Å². The molecule has 6 nitrogen and oxygen atoms in total. The lowest BCUT2D eigenvalue weighted by molar-refractivity contribution is -0.133. The Balaban J connectivity index is 1.24. The Kier molecular flexibility index (Phi) is 5.80. The quantitative estimate of drug-likeness (QED) is 0.545. The highest BCUT2D eigenvalue weighted by Crippen LogP contribution is 2.55. The van der Waals surface area contributed by atoms with Crippen LogP contribution in [0.15, 0.2) is 18.2 Å². The van der Waals surface area contributed by atoms with Gasteiger partial charge >= 0.3 is 6.18 Å². The fourth-order valence-corrected chi connectivity index (χ4v) is 5.76. The van der Waals surface area contributed by atoms with Gasteiger partial charge in [0.1, 0.15) is 11.6 Å². The van der Waals surface area contributed by atoms with Gasteiger partial charge in [0.25, 0.3) is 5.91 Å². The van der Waals surface area contributed by atoms with E-state index in [4.69, 9.17) is 16.3 Å². The van der Waals surface area contributed by atoms with E-state index in [0.717, 1.165) is 6.07 Å². The van der Waals surface area contributed by atoms with E-state index in [1.165, 1.54) is 12.1 Å². The van der Waals surface area contributed by atoms with Crippen LogP contribution < -0.4 is 20.7 Å². The van der Waals surface area contributed by atoms with E-state index in [1.54, 1.807) is 0 Å². The van der Waals surface area contributed by atoms with Crippen molar-refractivity contribution in [2.45, 2.75) is 53.6 Å². The summed E-state index contributed by atoms with van der Waals surface area (Å²) in [5.41, 5.74) is -0.962. The maximum absolute atomic E-state index is 13.4. The van der Waals surface area contributed by atoms with Crippen molar-refractivity contribution >= 4 is 35.2 Å². The Hall–Kier alpha value is -1.72. The lowest BCUT2D eigenvalue weighted by Gasteiger charge is -2.48. The van der Waals surface area contributed by atoms with E-state index >= 15 is 0 Å². The second kappa shape index (κ2) is 8.00. The number of benzene rings is 1. The number of ether oxygens (including phenoxy) is 1. The van der Waals surface area contributed by atoms with Gasteiger partial charge in [-0.25, -0.2) is 4.39 Å². The Morgan fingerprint density at radius 2 is 1.90 bits per heavy atom. The number of fused-ring (bicyclic) bond motifs is 1. The van der Waals surface area contributed by atoms with Crippen LogP contribution in [-0.4, -0.2) is 52.8 Å². The van der Waals surface area contributed by atoms with Crippen molar-refractivity contribution in [3.8, 4) is 5.75 Å². The van der Waals surface area contributed by atoms with Crippen molar-refractivity contribution in [2.75, 3.05) is 13.2 Å². The van der Waals surface area contributed by atoms with E-state index in [1.807, 2.05) is 0 Å². The highest BCUT2D eigenvalue weighted by atomic mass is 35.5. The summed E-state index contributed by atoms with van der Waals surface area (Å²) >= 11 is 6.18. The molecule has 1 aliphatic heterocycles. The molecule has 0 spiro atoms. The zero-order chi connectivity index (χ0) is 22.4. The average molecular weight is 482 g/mol. The summed E-state index contributed by atoms with van der Waals surface area (Å²) in [7, 11) is 0. The van der Waals surface area contributed by atoms with E-state index in [-0.39, 0.29) is 29.8 Å². The minimum atomic E-state index is -4.40. The molecule has 31 heavy (non-hydrogen) atoms. The highest BCUT2D eigenvalue weighted by molar-refractivity contribution is 8.01. The molecule has 5 rings (SSSR count). The molecule has 2 bridgehead atoms. The summed E-state index contributed by atoms with van der Waals surface area (Å²) in [6.45, 7) is -0.341. The van der Waals surface area contributed by atoms with Crippen molar-refractivity contribution < 1.29 is 31.9 Å². The van der Waals surface area contributed by atoms with Gasteiger partial charge in [0.2, 0.25) is 5.91 Å². The number of hydrogen-bond acceptors (Lipinski definition) is 5. The van der Waals surface area contributed by atoms with E-state index in [0.29, 0.717) is 37.4 Å². The van der Waals surface area contributed by atoms with Crippen molar-refractivity contribution in [3.05, 3.63) is 29.0 Å². The van der Waals surface area contributed by atoms with E-state index in [2.05, 4.69) is 16.0 Å². The SMILES string of the molecule is O=C(COc1ccc(Cl)c(F)c1)NC12CCC(NC(=O)C3CNC(C(F)(F)F)S3)(C1)C2. The van der Waals surface area contributed by atoms with Gasteiger partial charge in [-0.1, -0.05) is 11.6 Å². The van der Waals surface area contributed by atoms with Gasteiger partial charge in [-0.15, -0.1) is 11.8 Å². The number of carbonyl (C=O) groups excluding carboxylic acids is 2. The first-order chi connectivity index (χ1) is 14.5. The molecule has 0 radical (unpaired) electrons. The molecular weight excluding hydrogens is 462 g/mol. The lowest BCUT2D eigenvalue weighted by Crippen LogP contribution is -2.65. The summed E-state index contributed by atoms with van der Waals surface area (Å²) in [6.07, 6.45) is -2.09. The molecule has 4 aliphatic rings. The van der Waals surface area contributed by atoms with Crippen LogP contribution in [0.1, 0.15) is 25.7 Å². The number of thioether (sulfide) groups is 1. The Morgan fingerprint density at radius 3 is 2.52 bits per heavy atom. The van der Waals surface area contributed by atoms with Crippen LogP contribution in [0.3, 0.4) is 0 Å². The van der Waals surface area contributed by atoms with E-state index < -0.39 is 39.6 Å². The normalized spacial score (nSPS) is 31.8. The van der Waals surface area contributed by atoms with Crippen molar-refractivity contribution in [2.24, 2.45) is 0 Å². The monoisotopic (exact) mass is 481 g/mol. The van der Waals surface area contributed by atoms with Crippen LogP contribution >= 0.6 is 23.4 Å². The van der Waals surface area contributed by atoms with Gasteiger partial charge in [0, 0.05) is 23.7 Å². The molecule has 170 valence electrons. The van der Waals surface area contributed by atoms with Gasteiger partial charge in [-0.3, -0.25) is 14.9 Å². The molecule has 1 aromatic carbocycles. The number of alkyl halides is 3. The standard InChI is InChI=1S/C19H20ClF4N3O3S/c20-11-2-1-10(5-12(11)21)30-7-14(28)26-17-3-4-18(8-17,9-17)27-15(29)13-6-25-16(31-13)19(22,23)24/h1-2,5,13,16,25H,3-4,6-9H2,(H,26,28)(H,27,29). The zero-order valence-electron chi connectivity index (χ0n) is 16.2. The fraction of sp³-hybridized carbons (Fsp3) is 0.579. The average Bonchev–Trinajstić information content (AvgIpc) is 3.36. The summed E-state index contributed by atoms with van der Waals surface area (Å²) in [6, 6.07) is 3.88. The smallest absolute Gasteiger partial charge is 0.413 e. The number of nitrogens with one attached hydrogen (secondary N) is 3. The molecule has 3 aliphatic carbocycles. The fourth-order valence-electron chi connectivity index (χ4n) is 4.59. The topological polar surface area (TPSA) is 79.5 Å². The number of carbonyl (C=O) groups is 2. The van der Waals surface area contributed by atoms with Gasteiger partial charge in [0.05, 0.1) is 10.3 Å². The molecule has 1 aromatic rings. The summed E-state index contributed by atoms with van der Waals surface area (Å²) in [4.78, 5) is 24.7. The Labute approximate surface area is 184 Å². The van der Waals surface area contributed by atoms with E-state index in [9.17, 15) is 27.2 Å². The molecular formula is C19H20ClF4N3O3S. The number of rotatable bonds is 6. The van der Waals surface area contributed by atoms with Crippen LogP contribution in [-0.2, 0) is 9.59 Å². The summed E-state index contributed by atoms with van der Waals surface area (Å²) < 4.78 is 57.0. The maximum atomic E-state index is 13.4. The molecule has 0 aromatic heterocycles. The van der Waals surface area contributed by atoms with Crippen LogP contribution in [0.5, 0.6) is 5.75 Å². The van der Waals surface area contributed by atoms with Crippen LogP contribution in [0.2, 0.25) is 5.02 Å². The molecule has 3 saturated carbocycles. The lowest BCUT2D eigenvalue weighted by atomic mass is 9.71. The zero-order valence-corrected chi connectivity index (χ0v) is 17.7. The molecule has 12 heteroatoms. The molecule has 2 unspecified atom stereocenters. The predicted octanol–water partition coefficient (Wildman–Crippen LogP) is 2.75. The molecule has 4 fully saturated rings. The minimum absolute atomic E-state index is 0.0404. The summed E-state index contributed by atoms with van der Waals surface area (Å²) in [5.74, 6) is -1.26. The molecule has 1 heterocycles. The second-order valence-corrected chi connectivity index (χ2v) is 9.99. The molecule has 1 saturated heterocycles. The largest absolute Gasteiger partial charge is 0.484 e. The van der Waals surface area contributed by atoms with Crippen molar-refractivity contribution in [1.82, 2.24) is 16.0 Å². The van der Waals surface area contributed by atoms with Crippen LogP contribution in [0, 0.1) is 5.82 Å². The second-order valence-electron chi connectivity index (χ2n) is 8.27. The third kappa shape index (κ3) is 4.73. The molecule has 2 atom stereocenters. The van der Waals surface area contributed by atoms with Gasteiger partial charge in [-0.2, -0.15) is 13.2 Å². The first-order valence-electron chi connectivity index (χ1n) is 9.66. The van der Waals surface area contributed by atoms with Crippen molar-refractivity contribution in [3.63, 3.8) is 0 Å². The maximum Gasteiger partial charge on any atom is 0.413 e. The number of halogens is 5. The third-order valence-electron chi connectivity index (χ3n) is 5.87. The predicted molar refractivity (Wildman–Crippen MR) is 106 cm³/mol. The van der Waals surface area contributed by atoms with Crippen molar-refractivity contribution in [1.29, 1.82) is 0 Å².